The third kappa shape index (κ3) is 3.29. The molecule has 1 aromatic carbocycles. The van der Waals surface area contributed by atoms with E-state index in [9.17, 15) is 15.0 Å². The van der Waals surface area contributed by atoms with Crippen molar-refractivity contribution in [3.05, 3.63) is 65.1 Å². The number of nitrogens with zero attached hydrogens (tertiary/aromatic N) is 4. The fourth-order valence-corrected chi connectivity index (χ4v) is 5.25. The average molecular weight is 477 g/mol. The van der Waals surface area contributed by atoms with Crippen LogP contribution in [0, 0.1) is 13.5 Å². The molecule has 1 saturated heterocycles. The van der Waals surface area contributed by atoms with E-state index in [0.717, 1.165) is 17.7 Å². The number of aryl methyl sites for hydroxylation is 1. The van der Waals surface area contributed by atoms with E-state index in [1.54, 1.807) is 19.9 Å². The van der Waals surface area contributed by atoms with Crippen LogP contribution in [0.1, 0.15) is 37.3 Å². The smallest absolute Gasteiger partial charge is 0.272 e. The van der Waals surface area contributed by atoms with E-state index in [-0.39, 0.29) is 5.91 Å². The Labute approximate surface area is 202 Å². The van der Waals surface area contributed by atoms with Crippen LogP contribution in [-0.2, 0) is 9.53 Å². The zero-order valence-corrected chi connectivity index (χ0v) is 19.6. The maximum absolute atomic E-state index is 13.6. The molecule has 174 valence electrons. The lowest BCUT2D eigenvalue weighted by Crippen LogP contribution is -2.55. The summed E-state index contributed by atoms with van der Waals surface area (Å²) in [6, 6.07) is 9.26. The molecular weight excluding hydrogens is 452 g/mol. The number of aromatic nitrogens is 1. The Morgan fingerprint density at radius 2 is 1.94 bits per heavy atom. The summed E-state index contributed by atoms with van der Waals surface area (Å²) in [7, 11) is 0. The fraction of sp³-hybridized carbons (Fsp3) is 0.360. The number of hydrogen-bond donors (Lipinski definition) is 2. The molecule has 2 N–H and O–H groups in total. The zero-order valence-electron chi connectivity index (χ0n) is 18.8. The van der Waals surface area contributed by atoms with Gasteiger partial charge in [0.1, 0.15) is 35.8 Å². The van der Waals surface area contributed by atoms with Gasteiger partial charge in [0.15, 0.2) is 5.11 Å². The molecule has 5 rings (SSSR count). The van der Waals surface area contributed by atoms with Gasteiger partial charge in [0.05, 0.1) is 5.69 Å². The highest BCUT2D eigenvalue weighted by Crippen LogP contribution is 2.48. The number of carbonyl (C=O) groups excluding carboxylic acids is 1. The molecule has 3 aliphatic rings. The number of hydrogen-bond acceptors (Lipinski definition) is 6. The van der Waals surface area contributed by atoms with Crippen molar-refractivity contribution in [2.45, 2.75) is 57.0 Å². The number of ether oxygens (including phenoxy) is 1. The molecule has 1 spiro atoms. The number of benzene rings is 1. The standard InChI is InChI=1S/C25H24N4O4S/c1-14-11-18(13-27-22(14)26-3)28-23(32)25(9-4-10-25)29(24(28)34)17-7-5-16(6-8-17)20-12-19(30)21(31)15(2)33-20/h5-8,11-13,15,19,21,30-31H,4,9-10H2,1-2H3/t15-,19-,21?/m0/s1. The number of pyridine rings is 1. The SMILES string of the molecule is [C-]#[N+]c1ncc(N2C(=O)C3(CCC3)N(c3ccc(C4=C[C@H](O)C(O)[C@H](C)O4)cc3)C2=S)cc1C. The molecule has 1 saturated carbocycles. The highest BCUT2D eigenvalue weighted by molar-refractivity contribution is 7.81. The van der Waals surface area contributed by atoms with Crippen LogP contribution in [0.25, 0.3) is 10.6 Å². The van der Waals surface area contributed by atoms with E-state index in [1.807, 2.05) is 29.2 Å². The Bertz CT molecular complexity index is 1250. The van der Waals surface area contributed by atoms with Gasteiger partial charge >= 0.3 is 0 Å². The molecule has 2 aliphatic heterocycles. The van der Waals surface area contributed by atoms with Gasteiger partial charge < -0.3 is 24.7 Å². The first-order chi connectivity index (χ1) is 16.3. The van der Waals surface area contributed by atoms with Gasteiger partial charge in [-0.2, -0.15) is 0 Å². The molecule has 8 nitrogen and oxygen atoms in total. The van der Waals surface area contributed by atoms with Crippen molar-refractivity contribution in [1.82, 2.24) is 4.98 Å². The van der Waals surface area contributed by atoms with E-state index in [1.165, 1.54) is 17.2 Å². The van der Waals surface area contributed by atoms with Crippen LogP contribution in [-0.4, -0.2) is 50.1 Å². The van der Waals surface area contributed by atoms with Crippen LogP contribution in [0.5, 0.6) is 0 Å². The van der Waals surface area contributed by atoms with Crippen molar-refractivity contribution in [3.63, 3.8) is 0 Å². The number of rotatable bonds is 3. The molecule has 0 radical (unpaired) electrons. The van der Waals surface area contributed by atoms with Crippen molar-refractivity contribution >= 4 is 46.2 Å². The molecular formula is C25H24N4O4S. The molecule has 34 heavy (non-hydrogen) atoms. The summed E-state index contributed by atoms with van der Waals surface area (Å²) < 4.78 is 5.76. The monoisotopic (exact) mass is 476 g/mol. The summed E-state index contributed by atoms with van der Waals surface area (Å²) >= 11 is 5.80. The van der Waals surface area contributed by atoms with E-state index < -0.39 is 23.9 Å². The van der Waals surface area contributed by atoms with Gasteiger partial charge in [-0.3, -0.25) is 9.69 Å². The lowest BCUT2D eigenvalue weighted by atomic mass is 9.75. The van der Waals surface area contributed by atoms with Crippen LogP contribution in [0.3, 0.4) is 0 Å². The summed E-state index contributed by atoms with van der Waals surface area (Å²) in [4.78, 5) is 24.7. The topological polar surface area (TPSA) is 90.5 Å². The molecule has 2 aromatic rings. The fourth-order valence-electron chi connectivity index (χ4n) is 4.78. The Balaban J connectivity index is 1.48. The van der Waals surface area contributed by atoms with Gasteiger partial charge in [-0.05, 0) is 87.3 Å². The van der Waals surface area contributed by atoms with Gasteiger partial charge in [-0.1, -0.05) is 6.57 Å². The number of aliphatic hydroxyl groups excluding tert-OH is 2. The largest absolute Gasteiger partial charge is 0.488 e. The first-order valence-electron chi connectivity index (χ1n) is 11.1. The number of thiocarbonyl (C=S) groups is 1. The Morgan fingerprint density at radius 3 is 2.50 bits per heavy atom. The summed E-state index contributed by atoms with van der Waals surface area (Å²) in [5.74, 6) is 0.727. The van der Waals surface area contributed by atoms with Crippen molar-refractivity contribution in [2.75, 3.05) is 9.80 Å². The van der Waals surface area contributed by atoms with Crippen LogP contribution in [0.4, 0.5) is 17.2 Å². The molecule has 3 heterocycles. The maximum Gasteiger partial charge on any atom is 0.272 e. The quantitative estimate of drug-likeness (QED) is 0.518. The molecule has 1 aromatic heterocycles. The highest BCUT2D eigenvalue weighted by Gasteiger charge is 2.59. The van der Waals surface area contributed by atoms with Gasteiger partial charge in [-0.15, -0.1) is 4.98 Å². The van der Waals surface area contributed by atoms with Crippen molar-refractivity contribution in [2.24, 2.45) is 0 Å². The van der Waals surface area contributed by atoms with Crippen LogP contribution in [0.2, 0.25) is 0 Å². The molecule has 2 fully saturated rings. The summed E-state index contributed by atoms with van der Waals surface area (Å²) in [6.07, 6.45) is 2.86. The van der Waals surface area contributed by atoms with Crippen molar-refractivity contribution in [1.29, 1.82) is 0 Å². The number of carbonyl (C=O) groups is 1. The summed E-state index contributed by atoms with van der Waals surface area (Å²) in [5.41, 5.74) is 2.08. The van der Waals surface area contributed by atoms with Gasteiger partial charge in [0.2, 0.25) is 0 Å². The lowest BCUT2D eigenvalue weighted by Gasteiger charge is -2.43. The maximum atomic E-state index is 13.6. The molecule has 3 atom stereocenters. The first kappa shape index (κ1) is 22.5. The lowest BCUT2D eigenvalue weighted by molar-refractivity contribution is -0.123. The predicted octanol–water partition coefficient (Wildman–Crippen LogP) is 3.48. The molecule has 1 aliphatic carbocycles. The minimum Gasteiger partial charge on any atom is -0.488 e. The second-order valence-corrected chi connectivity index (χ2v) is 9.34. The van der Waals surface area contributed by atoms with Gasteiger partial charge in [0.25, 0.3) is 11.7 Å². The Morgan fingerprint density at radius 1 is 1.24 bits per heavy atom. The summed E-state index contributed by atoms with van der Waals surface area (Å²) in [5, 5.41) is 20.4. The second kappa shape index (κ2) is 8.17. The normalized spacial score (nSPS) is 25.6. The third-order valence-corrected chi connectivity index (χ3v) is 7.23. The third-order valence-electron chi connectivity index (χ3n) is 6.87. The molecule has 1 unspecified atom stereocenters. The molecule has 0 bridgehead atoms. The van der Waals surface area contributed by atoms with Crippen LogP contribution in [0.15, 0.2) is 42.6 Å². The van der Waals surface area contributed by atoms with E-state index in [0.29, 0.717) is 40.8 Å². The Hall–Kier alpha value is -3.32. The van der Waals surface area contributed by atoms with Crippen LogP contribution >= 0.6 is 12.2 Å². The van der Waals surface area contributed by atoms with Crippen molar-refractivity contribution < 1.29 is 19.7 Å². The minimum absolute atomic E-state index is 0.0751. The van der Waals surface area contributed by atoms with E-state index in [4.69, 9.17) is 23.5 Å². The number of anilines is 2. The highest BCUT2D eigenvalue weighted by atomic mass is 32.1. The van der Waals surface area contributed by atoms with E-state index in [2.05, 4.69) is 9.83 Å². The predicted molar refractivity (Wildman–Crippen MR) is 131 cm³/mol. The van der Waals surface area contributed by atoms with Crippen LogP contribution < -0.4 is 9.80 Å². The molecule has 9 heteroatoms. The van der Waals surface area contributed by atoms with Gasteiger partial charge in [-0.25, -0.2) is 0 Å². The van der Waals surface area contributed by atoms with E-state index >= 15 is 0 Å². The summed E-state index contributed by atoms with van der Waals surface area (Å²) in [6.45, 7) is 10.7. The zero-order chi connectivity index (χ0) is 24.2. The molecule has 1 amide bonds. The first-order valence-corrected chi connectivity index (χ1v) is 11.6. The van der Waals surface area contributed by atoms with Crippen molar-refractivity contribution in [3.8, 4) is 0 Å². The number of amides is 1. The average Bonchev–Trinajstić information content (AvgIpc) is 3.04. The minimum atomic E-state index is -1.000. The van der Waals surface area contributed by atoms with Gasteiger partial charge in [0, 0.05) is 11.3 Å². The second-order valence-electron chi connectivity index (χ2n) is 8.97. The Kier molecular flexibility index (Phi) is 5.40. The number of aliphatic hydroxyl groups is 2.